The van der Waals surface area contributed by atoms with Gasteiger partial charge in [-0.1, -0.05) is 12.1 Å². The summed E-state index contributed by atoms with van der Waals surface area (Å²) in [6.07, 6.45) is 2.55. The third-order valence-electron chi connectivity index (χ3n) is 4.21. The largest absolute Gasteiger partial charge is 0.383 e. The van der Waals surface area contributed by atoms with E-state index in [2.05, 4.69) is 23.2 Å². The second kappa shape index (κ2) is 7.57. The van der Waals surface area contributed by atoms with Crippen LogP contribution < -0.4 is 5.32 Å². The van der Waals surface area contributed by atoms with E-state index in [9.17, 15) is 4.79 Å². The highest BCUT2D eigenvalue weighted by atomic mass is 16.5. The van der Waals surface area contributed by atoms with E-state index in [1.165, 1.54) is 18.4 Å². The highest BCUT2D eigenvalue weighted by Crippen LogP contribution is 2.20. The van der Waals surface area contributed by atoms with Crippen molar-refractivity contribution in [2.75, 3.05) is 26.8 Å². The Labute approximate surface area is 127 Å². The predicted molar refractivity (Wildman–Crippen MR) is 84.5 cm³/mol. The molecule has 1 aromatic carbocycles. The molecule has 4 nitrogen and oxygen atoms in total. The second-order valence-corrected chi connectivity index (χ2v) is 5.86. The molecule has 0 unspecified atom stereocenters. The van der Waals surface area contributed by atoms with E-state index >= 15 is 0 Å². The van der Waals surface area contributed by atoms with E-state index in [-0.39, 0.29) is 5.91 Å². The number of hydrogen-bond donors (Lipinski definition) is 1. The van der Waals surface area contributed by atoms with Crippen molar-refractivity contribution >= 4 is 5.91 Å². The highest BCUT2D eigenvalue weighted by Gasteiger charge is 2.20. The normalized spacial score (nSPS) is 18.9. The smallest absolute Gasteiger partial charge is 0.251 e. The number of methoxy groups -OCH3 is 1. The van der Waals surface area contributed by atoms with E-state index < -0.39 is 0 Å². The lowest BCUT2D eigenvalue weighted by Crippen LogP contribution is -2.28. The van der Waals surface area contributed by atoms with E-state index in [1.807, 2.05) is 19.1 Å². The van der Waals surface area contributed by atoms with Crippen LogP contribution in [0.25, 0.3) is 0 Å². The van der Waals surface area contributed by atoms with E-state index in [0.717, 1.165) is 24.2 Å². The molecule has 2 rings (SSSR count). The summed E-state index contributed by atoms with van der Waals surface area (Å²) in [7, 11) is 1.63. The van der Waals surface area contributed by atoms with Gasteiger partial charge in [0.1, 0.15) is 0 Å². The zero-order valence-corrected chi connectivity index (χ0v) is 13.3. The minimum atomic E-state index is -0.0131. The van der Waals surface area contributed by atoms with Crippen molar-refractivity contribution in [2.45, 2.75) is 39.3 Å². The van der Waals surface area contributed by atoms with E-state index in [0.29, 0.717) is 19.2 Å². The Bertz CT molecular complexity index is 488. The lowest BCUT2D eigenvalue weighted by Gasteiger charge is -2.21. The summed E-state index contributed by atoms with van der Waals surface area (Å²) in [5.41, 5.74) is 3.00. The quantitative estimate of drug-likeness (QED) is 0.818. The van der Waals surface area contributed by atoms with Crippen molar-refractivity contribution in [2.24, 2.45) is 0 Å². The van der Waals surface area contributed by atoms with Gasteiger partial charge >= 0.3 is 0 Å². The lowest BCUT2D eigenvalue weighted by atomic mass is 10.0. The second-order valence-electron chi connectivity index (χ2n) is 5.86. The van der Waals surface area contributed by atoms with Crippen LogP contribution in [0.5, 0.6) is 0 Å². The molecule has 1 saturated heterocycles. The zero-order chi connectivity index (χ0) is 15.2. The van der Waals surface area contributed by atoms with Crippen molar-refractivity contribution in [3.63, 3.8) is 0 Å². The van der Waals surface area contributed by atoms with Crippen molar-refractivity contribution in [1.29, 1.82) is 0 Å². The Hall–Kier alpha value is -1.39. The molecule has 0 aliphatic carbocycles. The number of carbonyl (C=O) groups is 1. The van der Waals surface area contributed by atoms with Gasteiger partial charge in [-0.05, 0) is 50.4 Å². The molecule has 1 aromatic rings. The first-order chi connectivity index (χ1) is 10.1. The maximum atomic E-state index is 12.2. The summed E-state index contributed by atoms with van der Waals surface area (Å²) in [6.45, 7) is 7.43. The SMILES string of the molecule is COCCNC(=O)c1cc(CN2CCC[C@@H]2C)ccc1C. The number of benzene rings is 1. The lowest BCUT2D eigenvalue weighted by molar-refractivity contribution is 0.0936. The molecule has 1 fully saturated rings. The summed E-state index contributed by atoms with van der Waals surface area (Å²) >= 11 is 0. The van der Waals surface area contributed by atoms with Gasteiger partial charge in [0, 0.05) is 31.8 Å². The van der Waals surface area contributed by atoms with Crippen molar-refractivity contribution < 1.29 is 9.53 Å². The molecule has 0 spiro atoms. The van der Waals surface area contributed by atoms with Crippen LogP contribution in [0.3, 0.4) is 0 Å². The first-order valence-electron chi connectivity index (χ1n) is 7.72. The van der Waals surface area contributed by atoms with Crippen LogP contribution >= 0.6 is 0 Å². The van der Waals surface area contributed by atoms with Crippen LogP contribution in [0.4, 0.5) is 0 Å². The van der Waals surface area contributed by atoms with Gasteiger partial charge in [0.2, 0.25) is 0 Å². The Morgan fingerprint density at radius 1 is 1.48 bits per heavy atom. The van der Waals surface area contributed by atoms with Gasteiger partial charge in [-0.3, -0.25) is 9.69 Å². The third-order valence-corrected chi connectivity index (χ3v) is 4.21. The standard InChI is InChI=1S/C17H26N2O2/c1-13-6-7-15(12-19-9-4-5-14(19)2)11-16(13)17(20)18-8-10-21-3/h6-7,11,14H,4-5,8-10,12H2,1-3H3,(H,18,20)/t14-/m0/s1. The Kier molecular flexibility index (Phi) is 5.76. The molecule has 1 aliphatic rings. The molecule has 1 heterocycles. The summed E-state index contributed by atoms with van der Waals surface area (Å²) < 4.78 is 4.96. The van der Waals surface area contributed by atoms with Gasteiger partial charge in [-0.2, -0.15) is 0 Å². The number of nitrogens with one attached hydrogen (secondary N) is 1. The van der Waals surface area contributed by atoms with Crippen LogP contribution in [0.15, 0.2) is 18.2 Å². The van der Waals surface area contributed by atoms with Crippen molar-refractivity contribution in [1.82, 2.24) is 10.2 Å². The highest BCUT2D eigenvalue weighted by molar-refractivity contribution is 5.95. The van der Waals surface area contributed by atoms with Crippen LogP contribution in [-0.2, 0) is 11.3 Å². The molecule has 1 aliphatic heterocycles. The first kappa shape index (κ1) is 16.0. The fourth-order valence-corrected chi connectivity index (χ4v) is 2.84. The number of likely N-dealkylation sites (tertiary alicyclic amines) is 1. The van der Waals surface area contributed by atoms with Gasteiger partial charge < -0.3 is 10.1 Å². The molecule has 0 radical (unpaired) electrons. The molecular weight excluding hydrogens is 264 g/mol. The third kappa shape index (κ3) is 4.29. The molecule has 1 amide bonds. The van der Waals surface area contributed by atoms with Gasteiger partial charge in [-0.15, -0.1) is 0 Å². The number of nitrogens with zero attached hydrogens (tertiary/aromatic N) is 1. The maximum absolute atomic E-state index is 12.2. The topological polar surface area (TPSA) is 41.6 Å². The average molecular weight is 290 g/mol. The molecule has 1 N–H and O–H groups in total. The summed E-state index contributed by atoms with van der Waals surface area (Å²) in [5, 5.41) is 2.89. The monoisotopic (exact) mass is 290 g/mol. The summed E-state index contributed by atoms with van der Waals surface area (Å²) in [4.78, 5) is 14.7. The molecule has 1 atom stereocenters. The number of aryl methyl sites for hydroxylation is 1. The van der Waals surface area contributed by atoms with Gasteiger partial charge in [0.05, 0.1) is 6.61 Å². The van der Waals surface area contributed by atoms with E-state index in [4.69, 9.17) is 4.74 Å². The number of carbonyl (C=O) groups excluding carboxylic acids is 1. The summed E-state index contributed by atoms with van der Waals surface area (Å²) in [5.74, 6) is -0.0131. The van der Waals surface area contributed by atoms with Crippen LogP contribution in [0, 0.1) is 6.92 Å². The van der Waals surface area contributed by atoms with Crippen molar-refractivity contribution in [3.8, 4) is 0 Å². The van der Waals surface area contributed by atoms with Gasteiger partial charge in [0.25, 0.3) is 5.91 Å². The predicted octanol–water partition coefficient (Wildman–Crippen LogP) is 2.36. The molecular formula is C17H26N2O2. The Morgan fingerprint density at radius 2 is 2.29 bits per heavy atom. The minimum absolute atomic E-state index is 0.0131. The van der Waals surface area contributed by atoms with Gasteiger partial charge in [0.15, 0.2) is 0 Å². The van der Waals surface area contributed by atoms with Crippen LogP contribution in [0.2, 0.25) is 0 Å². The summed E-state index contributed by atoms with van der Waals surface area (Å²) in [6, 6.07) is 6.85. The Balaban J connectivity index is 2.04. The zero-order valence-electron chi connectivity index (χ0n) is 13.3. The van der Waals surface area contributed by atoms with E-state index in [1.54, 1.807) is 7.11 Å². The molecule has 0 saturated carbocycles. The van der Waals surface area contributed by atoms with Gasteiger partial charge in [-0.25, -0.2) is 0 Å². The number of amides is 1. The molecule has 0 bridgehead atoms. The van der Waals surface area contributed by atoms with Crippen LogP contribution in [0.1, 0.15) is 41.3 Å². The molecule has 21 heavy (non-hydrogen) atoms. The number of hydrogen-bond acceptors (Lipinski definition) is 3. The minimum Gasteiger partial charge on any atom is -0.383 e. The molecule has 0 aromatic heterocycles. The van der Waals surface area contributed by atoms with Crippen molar-refractivity contribution in [3.05, 3.63) is 34.9 Å². The molecule has 116 valence electrons. The maximum Gasteiger partial charge on any atom is 0.251 e. The molecule has 4 heteroatoms. The van der Waals surface area contributed by atoms with Crippen LogP contribution in [-0.4, -0.2) is 43.7 Å². The Morgan fingerprint density at radius 3 is 2.95 bits per heavy atom. The number of rotatable bonds is 6. The average Bonchev–Trinajstić information content (AvgIpc) is 2.86. The number of ether oxygens (including phenoxy) is 1. The first-order valence-corrected chi connectivity index (χ1v) is 7.72. The fraction of sp³-hybridized carbons (Fsp3) is 0.588. The fourth-order valence-electron chi connectivity index (χ4n) is 2.84.